The van der Waals surface area contributed by atoms with E-state index in [1.54, 1.807) is 6.92 Å². The van der Waals surface area contributed by atoms with Gasteiger partial charge in [0.15, 0.2) is 0 Å². The van der Waals surface area contributed by atoms with Crippen molar-refractivity contribution in [3.8, 4) is 6.07 Å². The van der Waals surface area contributed by atoms with Crippen LogP contribution >= 0.6 is 11.8 Å². The molecule has 144 valence electrons. The smallest absolute Gasteiger partial charge is 0.337 e. The zero-order chi connectivity index (χ0) is 20.1. The number of urea groups is 1. The van der Waals surface area contributed by atoms with Crippen LogP contribution in [0.15, 0.2) is 16.3 Å². The highest BCUT2D eigenvalue weighted by Crippen LogP contribution is 2.29. The summed E-state index contributed by atoms with van der Waals surface area (Å²) in [5.41, 5.74) is 4.18. The Morgan fingerprint density at radius 2 is 2.00 bits per heavy atom. The number of amides is 2. The fourth-order valence-electron chi connectivity index (χ4n) is 2.86. The molecule has 0 bridgehead atoms. The topological polar surface area (TPSA) is 104 Å². The van der Waals surface area contributed by atoms with E-state index in [0.29, 0.717) is 34.0 Å². The number of rotatable bonds is 6. The number of nitrogens with one attached hydrogen (secondary N) is 2. The highest BCUT2D eigenvalue weighted by atomic mass is 32.2. The van der Waals surface area contributed by atoms with Gasteiger partial charge >= 0.3 is 12.0 Å². The second kappa shape index (κ2) is 8.91. The first kappa shape index (κ1) is 20.8. The van der Waals surface area contributed by atoms with Gasteiger partial charge in [0.1, 0.15) is 11.1 Å². The van der Waals surface area contributed by atoms with E-state index >= 15 is 0 Å². The zero-order valence-electron chi connectivity index (χ0n) is 16.2. The second-order valence-electron chi connectivity index (χ2n) is 6.20. The summed E-state index contributed by atoms with van der Waals surface area (Å²) >= 11 is 1.33. The Kier molecular flexibility index (Phi) is 6.86. The van der Waals surface area contributed by atoms with Gasteiger partial charge < -0.3 is 15.4 Å². The molecule has 2 rings (SSSR count). The van der Waals surface area contributed by atoms with Crippen LogP contribution in [0.5, 0.6) is 0 Å². The molecule has 2 N–H and O–H groups in total. The molecule has 0 saturated carbocycles. The number of ether oxygens (including phenoxy) is 1. The molecule has 2 amide bonds. The zero-order valence-corrected chi connectivity index (χ0v) is 17.0. The number of aryl methyl sites for hydroxylation is 1. The lowest BCUT2D eigenvalue weighted by Gasteiger charge is -2.28. The van der Waals surface area contributed by atoms with Gasteiger partial charge in [-0.05, 0) is 45.2 Å². The number of hydrogen-bond acceptors (Lipinski definition) is 6. The molecular weight excluding hydrogens is 364 g/mol. The fraction of sp³-hybridized carbons (Fsp3) is 0.474. The second-order valence-corrected chi connectivity index (χ2v) is 7.16. The highest BCUT2D eigenvalue weighted by Gasteiger charge is 2.31. The summed E-state index contributed by atoms with van der Waals surface area (Å²) in [7, 11) is 0. The number of nitriles is 1. The van der Waals surface area contributed by atoms with Crippen molar-refractivity contribution >= 4 is 23.8 Å². The SMILES string of the molecule is CCOC(=O)C1=C(CSc2nc(C)c(C)c(C)c2C#N)NC(=O)N[C@H]1CC. The Labute approximate surface area is 163 Å². The largest absolute Gasteiger partial charge is 0.463 e. The number of aromatic nitrogens is 1. The lowest BCUT2D eigenvalue weighted by molar-refractivity contribution is -0.139. The minimum absolute atomic E-state index is 0.254. The molecule has 0 saturated heterocycles. The summed E-state index contributed by atoms with van der Waals surface area (Å²) in [6.45, 7) is 9.62. The third-order valence-electron chi connectivity index (χ3n) is 4.58. The third-order valence-corrected chi connectivity index (χ3v) is 5.58. The molecule has 0 aliphatic carbocycles. The van der Waals surface area contributed by atoms with Gasteiger partial charge in [0.25, 0.3) is 0 Å². The lowest BCUT2D eigenvalue weighted by Crippen LogP contribution is -2.50. The van der Waals surface area contributed by atoms with Crippen molar-refractivity contribution in [2.75, 3.05) is 12.4 Å². The molecule has 0 aromatic carbocycles. The predicted molar refractivity (Wildman–Crippen MR) is 103 cm³/mol. The first-order chi connectivity index (χ1) is 12.8. The van der Waals surface area contributed by atoms with Crippen LogP contribution in [0.2, 0.25) is 0 Å². The average molecular weight is 388 g/mol. The molecule has 8 heteroatoms. The molecular formula is C19H24N4O3S. The first-order valence-corrected chi connectivity index (χ1v) is 9.80. The average Bonchev–Trinajstić information content (AvgIpc) is 2.64. The van der Waals surface area contributed by atoms with E-state index in [-0.39, 0.29) is 12.6 Å². The lowest BCUT2D eigenvalue weighted by atomic mass is 10.0. The minimum atomic E-state index is -0.447. The Morgan fingerprint density at radius 1 is 1.30 bits per heavy atom. The Hall–Kier alpha value is -2.53. The molecule has 2 heterocycles. The van der Waals surface area contributed by atoms with E-state index in [1.165, 1.54) is 11.8 Å². The van der Waals surface area contributed by atoms with Gasteiger partial charge in [-0.25, -0.2) is 14.6 Å². The summed E-state index contributed by atoms with van der Waals surface area (Å²) in [4.78, 5) is 28.9. The van der Waals surface area contributed by atoms with Crippen molar-refractivity contribution in [1.82, 2.24) is 15.6 Å². The van der Waals surface area contributed by atoms with Crippen molar-refractivity contribution in [3.63, 3.8) is 0 Å². The van der Waals surface area contributed by atoms with E-state index in [2.05, 4.69) is 21.7 Å². The molecule has 0 unspecified atom stereocenters. The Bertz CT molecular complexity index is 842. The molecule has 1 aliphatic heterocycles. The van der Waals surface area contributed by atoms with E-state index in [1.807, 2.05) is 27.7 Å². The van der Waals surface area contributed by atoms with Gasteiger partial charge in [0.2, 0.25) is 0 Å². The van der Waals surface area contributed by atoms with Gasteiger partial charge in [-0.2, -0.15) is 5.26 Å². The molecule has 0 spiro atoms. The number of carbonyl (C=O) groups is 2. The van der Waals surface area contributed by atoms with Crippen LogP contribution in [-0.4, -0.2) is 35.4 Å². The maximum absolute atomic E-state index is 12.4. The summed E-state index contributed by atoms with van der Waals surface area (Å²) in [6, 6.07) is 1.46. The van der Waals surface area contributed by atoms with E-state index in [0.717, 1.165) is 16.8 Å². The van der Waals surface area contributed by atoms with Gasteiger partial charge in [-0.15, -0.1) is 0 Å². The number of hydrogen-bond donors (Lipinski definition) is 2. The Morgan fingerprint density at radius 3 is 2.59 bits per heavy atom. The van der Waals surface area contributed by atoms with Gasteiger partial charge in [0.05, 0.1) is 23.8 Å². The quantitative estimate of drug-likeness (QED) is 0.574. The number of esters is 1. The minimum Gasteiger partial charge on any atom is -0.463 e. The van der Waals surface area contributed by atoms with Crippen molar-refractivity contribution in [2.24, 2.45) is 0 Å². The summed E-state index contributed by atoms with van der Waals surface area (Å²) in [5.74, 6) is -0.140. The third kappa shape index (κ3) is 4.42. The summed E-state index contributed by atoms with van der Waals surface area (Å²) in [6.07, 6.45) is 0.570. The maximum Gasteiger partial charge on any atom is 0.337 e. The van der Waals surface area contributed by atoms with E-state index < -0.39 is 12.0 Å². The molecule has 1 atom stereocenters. The van der Waals surface area contributed by atoms with Crippen LogP contribution in [0.4, 0.5) is 4.79 Å². The number of carbonyl (C=O) groups excluding carboxylic acids is 2. The molecule has 1 aromatic heterocycles. The van der Waals surface area contributed by atoms with Crippen molar-refractivity contribution in [3.05, 3.63) is 33.7 Å². The van der Waals surface area contributed by atoms with Crippen LogP contribution in [0.25, 0.3) is 0 Å². The molecule has 0 fully saturated rings. The molecule has 0 radical (unpaired) electrons. The number of nitrogens with zero attached hydrogens (tertiary/aromatic N) is 2. The van der Waals surface area contributed by atoms with Crippen LogP contribution < -0.4 is 10.6 Å². The summed E-state index contributed by atoms with van der Waals surface area (Å²) in [5, 5.41) is 15.6. The molecule has 27 heavy (non-hydrogen) atoms. The number of pyridine rings is 1. The van der Waals surface area contributed by atoms with Crippen molar-refractivity contribution in [2.45, 2.75) is 52.1 Å². The van der Waals surface area contributed by atoms with Crippen molar-refractivity contribution < 1.29 is 14.3 Å². The summed E-state index contributed by atoms with van der Waals surface area (Å²) < 4.78 is 5.16. The van der Waals surface area contributed by atoms with Crippen molar-refractivity contribution in [1.29, 1.82) is 5.26 Å². The highest BCUT2D eigenvalue weighted by molar-refractivity contribution is 7.99. The molecule has 1 aliphatic rings. The number of thioether (sulfide) groups is 1. The van der Waals surface area contributed by atoms with E-state index in [9.17, 15) is 14.9 Å². The molecule has 7 nitrogen and oxygen atoms in total. The van der Waals surface area contributed by atoms with Crippen LogP contribution in [-0.2, 0) is 9.53 Å². The Balaban J connectivity index is 2.40. The van der Waals surface area contributed by atoms with Gasteiger partial charge in [-0.1, -0.05) is 18.7 Å². The van der Waals surface area contributed by atoms with E-state index in [4.69, 9.17) is 4.74 Å². The predicted octanol–water partition coefficient (Wildman–Crippen LogP) is 2.88. The van der Waals surface area contributed by atoms with Crippen LogP contribution in [0, 0.1) is 32.1 Å². The monoisotopic (exact) mass is 388 g/mol. The maximum atomic E-state index is 12.4. The molecule has 1 aromatic rings. The fourth-order valence-corrected chi connectivity index (χ4v) is 3.92. The first-order valence-electron chi connectivity index (χ1n) is 8.82. The standard InChI is InChI=1S/C19H24N4O3S/c1-6-14-16(18(24)26-7-2)15(23-19(25)22-14)9-27-17-13(8-20)11(4)10(3)12(5)21-17/h14H,6-7,9H2,1-5H3,(H2,22,23,25)/t14-/m0/s1. The normalized spacial score (nSPS) is 16.4. The van der Waals surface area contributed by atoms with Gasteiger partial charge in [-0.3, -0.25) is 0 Å². The van der Waals surface area contributed by atoms with Crippen LogP contribution in [0.1, 0.15) is 42.7 Å². The van der Waals surface area contributed by atoms with Gasteiger partial charge in [0, 0.05) is 17.1 Å². The van der Waals surface area contributed by atoms with Crippen LogP contribution in [0.3, 0.4) is 0 Å².